The number of carbonyl (C=O) groups excluding carboxylic acids is 1. The molecule has 2 aromatic heterocycles. The summed E-state index contributed by atoms with van der Waals surface area (Å²) in [5, 5.41) is 2.78. The minimum atomic E-state index is -4.64. The second kappa shape index (κ2) is 13.9. The number of alkyl halides is 3. The van der Waals surface area contributed by atoms with E-state index in [1.54, 1.807) is 6.07 Å². The van der Waals surface area contributed by atoms with Gasteiger partial charge in [-0.2, -0.15) is 13.2 Å². The molecule has 268 valence electrons. The lowest BCUT2D eigenvalue weighted by molar-refractivity contribution is -0.141. The Morgan fingerprint density at radius 3 is 1.96 bits per heavy atom. The van der Waals surface area contributed by atoms with Gasteiger partial charge in [0.1, 0.15) is 17.6 Å². The smallest absolute Gasteiger partial charge is 0.322 e. The van der Waals surface area contributed by atoms with Gasteiger partial charge in [-0.25, -0.2) is 4.98 Å². The van der Waals surface area contributed by atoms with E-state index < -0.39 is 40.7 Å². The fourth-order valence-corrected chi connectivity index (χ4v) is 8.21. The third-order valence-electron chi connectivity index (χ3n) is 10.4. The molecule has 1 N–H and O–H groups in total. The minimum absolute atomic E-state index is 0.221. The molecule has 7 rings (SSSR count). The molecule has 1 aliphatic rings. The maximum Gasteiger partial charge on any atom is 0.406 e. The highest BCUT2D eigenvalue weighted by Crippen LogP contribution is 2.54. The van der Waals surface area contributed by atoms with E-state index >= 15 is 0 Å². The van der Waals surface area contributed by atoms with Crippen LogP contribution in [0.4, 0.5) is 18.9 Å². The number of amides is 1. The third-order valence-corrected chi connectivity index (χ3v) is 10.4. The molecule has 4 aromatic carbocycles. The molecule has 6 nitrogen and oxygen atoms in total. The zero-order valence-electron chi connectivity index (χ0n) is 29.5. The van der Waals surface area contributed by atoms with Crippen molar-refractivity contribution >= 4 is 17.7 Å². The summed E-state index contributed by atoms with van der Waals surface area (Å²) in [7, 11) is 0. The van der Waals surface area contributed by atoms with Crippen molar-refractivity contribution in [2.45, 2.75) is 50.4 Å². The van der Waals surface area contributed by atoms with Gasteiger partial charge < -0.3 is 14.5 Å². The SMILES string of the molecule is C=Cc1cc(C(=O)Nc2cccc(C3(c4ncn(C(c5ccccc5)(c5ccccc5)c5ccccc5)c4C)CC(C)C3)c2)c(=O)n(CC(F)(F)F)c1. The van der Waals surface area contributed by atoms with Crippen molar-refractivity contribution in [2.75, 3.05) is 5.32 Å². The summed E-state index contributed by atoms with van der Waals surface area (Å²) < 4.78 is 42.6. The number of halogens is 3. The number of aromatic nitrogens is 3. The van der Waals surface area contributed by atoms with Crippen LogP contribution in [0.2, 0.25) is 0 Å². The van der Waals surface area contributed by atoms with Crippen LogP contribution < -0.4 is 10.9 Å². The Morgan fingerprint density at radius 1 is 0.887 bits per heavy atom. The number of carbonyl (C=O) groups is 1. The first-order valence-corrected chi connectivity index (χ1v) is 17.5. The first-order chi connectivity index (χ1) is 25.5. The van der Waals surface area contributed by atoms with E-state index in [9.17, 15) is 22.8 Å². The van der Waals surface area contributed by atoms with Gasteiger partial charge in [0.05, 0.1) is 12.0 Å². The molecule has 2 heterocycles. The highest BCUT2D eigenvalue weighted by atomic mass is 19.4. The molecule has 0 unspecified atom stereocenters. The predicted octanol–water partition coefficient (Wildman–Crippen LogP) is 9.37. The zero-order valence-corrected chi connectivity index (χ0v) is 29.5. The van der Waals surface area contributed by atoms with Crippen LogP contribution in [0.15, 0.2) is 145 Å². The van der Waals surface area contributed by atoms with Crippen LogP contribution in [0.5, 0.6) is 0 Å². The normalized spacial score (nSPS) is 17.2. The Labute approximate surface area is 306 Å². The second-order valence-corrected chi connectivity index (χ2v) is 13.9. The molecule has 9 heteroatoms. The standard InChI is InChI=1S/C44H39F3N4O2/c1-4-32-23-38(41(53)50(27-32)28-43(45,46)47)40(52)49-37-22-14-21-36(24-37)42(25-30(2)26-42)39-31(3)51(29-48-39)44(33-15-8-5-9-16-33,34-17-10-6-11-18-34)35-19-12-7-13-20-35/h4-24,27,29-30H,1,25-26,28H2,2-3H3,(H,49,52). The summed E-state index contributed by atoms with van der Waals surface area (Å²) in [5.41, 5.74) is 4.09. The molecule has 1 amide bonds. The van der Waals surface area contributed by atoms with Gasteiger partial charge in [0.25, 0.3) is 11.5 Å². The number of nitrogens with one attached hydrogen (secondary N) is 1. The quantitative estimate of drug-likeness (QED) is 0.144. The molecule has 0 atom stereocenters. The third kappa shape index (κ3) is 6.41. The lowest BCUT2D eigenvalue weighted by atomic mass is 9.57. The minimum Gasteiger partial charge on any atom is -0.322 e. The topological polar surface area (TPSA) is 68.9 Å². The fraction of sp³-hybridized carbons (Fsp3) is 0.205. The summed E-state index contributed by atoms with van der Waals surface area (Å²) in [5.74, 6) is -0.393. The van der Waals surface area contributed by atoms with Crippen LogP contribution in [0, 0.1) is 12.8 Å². The van der Waals surface area contributed by atoms with Gasteiger partial charge in [0.15, 0.2) is 0 Å². The van der Waals surface area contributed by atoms with E-state index in [1.807, 2.05) is 42.7 Å². The number of benzene rings is 4. The average molecular weight is 713 g/mol. The van der Waals surface area contributed by atoms with E-state index in [0.29, 0.717) is 16.2 Å². The Bertz CT molecular complexity index is 2230. The van der Waals surface area contributed by atoms with Crippen LogP contribution >= 0.6 is 0 Å². The molecule has 0 bridgehead atoms. The molecular weight excluding hydrogens is 674 g/mol. The Kier molecular flexibility index (Phi) is 9.28. The van der Waals surface area contributed by atoms with Crippen molar-refractivity contribution in [1.82, 2.24) is 14.1 Å². The summed E-state index contributed by atoms with van der Waals surface area (Å²) in [6.07, 6.45) is 1.28. The van der Waals surface area contributed by atoms with Gasteiger partial charge in [0.2, 0.25) is 0 Å². The van der Waals surface area contributed by atoms with E-state index in [-0.39, 0.29) is 5.56 Å². The largest absolute Gasteiger partial charge is 0.406 e. The fourth-order valence-electron chi connectivity index (χ4n) is 8.21. The number of nitrogens with zero attached hydrogens (tertiary/aromatic N) is 3. The lowest BCUT2D eigenvalue weighted by Crippen LogP contribution is -2.43. The van der Waals surface area contributed by atoms with Gasteiger partial charge in [-0.05, 0) is 71.7 Å². The Balaban J connectivity index is 1.32. The van der Waals surface area contributed by atoms with E-state index in [2.05, 4.69) is 103 Å². The van der Waals surface area contributed by atoms with Crippen LogP contribution in [0.1, 0.15) is 69.3 Å². The van der Waals surface area contributed by atoms with Crippen molar-refractivity contribution in [2.24, 2.45) is 5.92 Å². The van der Waals surface area contributed by atoms with Gasteiger partial charge in [-0.15, -0.1) is 0 Å². The van der Waals surface area contributed by atoms with Crippen LogP contribution in [0.25, 0.3) is 6.08 Å². The summed E-state index contributed by atoms with van der Waals surface area (Å²) >= 11 is 0. The molecule has 53 heavy (non-hydrogen) atoms. The van der Waals surface area contributed by atoms with Crippen molar-refractivity contribution in [1.29, 1.82) is 0 Å². The van der Waals surface area contributed by atoms with Gasteiger partial charge in [-0.3, -0.25) is 9.59 Å². The van der Waals surface area contributed by atoms with Crippen molar-refractivity contribution in [3.8, 4) is 0 Å². The van der Waals surface area contributed by atoms with Crippen LogP contribution in [-0.2, 0) is 17.5 Å². The second-order valence-electron chi connectivity index (χ2n) is 13.9. The maximum absolute atomic E-state index is 13.5. The molecular formula is C44H39F3N4O2. The summed E-state index contributed by atoms with van der Waals surface area (Å²) in [6.45, 7) is 6.41. The van der Waals surface area contributed by atoms with Crippen molar-refractivity contribution in [3.63, 3.8) is 0 Å². The molecule has 0 spiro atoms. The highest BCUT2D eigenvalue weighted by molar-refractivity contribution is 6.04. The maximum atomic E-state index is 13.5. The number of anilines is 1. The molecule has 1 saturated carbocycles. The highest BCUT2D eigenvalue weighted by Gasteiger charge is 2.49. The summed E-state index contributed by atoms with van der Waals surface area (Å²) in [4.78, 5) is 31.7. The van der Waals surface area contributed by atoms with Crippen molar-refractivity contribution in [3.05, 3.63) is 196 Å². The molecule has 0 radical (unpaired) electrons. The Morgan fingerprint density at radius 2 is 1.45 bits per heavy atom. The monoisotopic (exact) mass is 712 g/mol. The first-order valence-electron chi connectivity index (χ1n) is 17.5. The molecule has 6 aromatic rings. The number of hydrogen-bond donors (Lipinski definition) is 1. The molecule has 0 saturated heterocycles. The zero-order chi connectivity index (χ0) is 37.4. The van der Waals surface area contributed by atoms with Gasteiger partial charge >= 0.3 is 6.18 Å². The lowest BCUT2D eigenvalue weighted by Gasteiger charge is -2.47. The van der Waals surface area contributed by atoms with Crippen molar-refractivity contribution < 1.29 is 18.0 Å². The first kappa shape index (κ1) is 35.4. The number of rotatable bonds is 10. The van der Waals surface area contributed by atoms with E-state index in [4.69, 9.17) is 4.98 Å². The number of hydrogen-bond acceptors (Lipinski definition) is 3. The molecule has 1 fully saturated rings. The number of pyridine rings is 1. The number of imidazole rings is 1. The van der Waals surface area contributed by atoms with Gasteiger partial charge in [0, 0.05) is 23.0 Å². The predicted molar refractivity (Wildman–Crippen MR) is 202 cm³/mol. The molecule has 1 aliphatic carbocycles. The average Bonchev–Trinajstić information content (AvgIpc) is 3.53. The Hall–Kier alpha value is -5.96. The molecule has 0 aliphatic heterocycles. The summed E-state index contributed by atoms with van der Waals surface area (Å²) in [6, 6.07) is 40.0. The van der Waals surface area contributed by atoms with E-state index in [1.165, 1.54) is 12.1 Å². The van der Waals surface area contributed by atoms with Gasteiger partial charge in [-0.1, -0.05) is 123 Å². The van der Waals surface area contributed by atoms with Crippen LogP contribution in [-0.4, -0.2) is 26.2 Å². The van der Waals surface area contributed by atoms with E-state index in [0.717, 1.165) is 52.7 Å². The van der Waals surface area contributed by atoms with Crippen LogP contribution in [0.3, 0.4) is 0 Å².